The van der Waals surface area contributed by atoms with Crippen LogP contribution in [0, 0.1) is 17.8 Å². The molecule has 0 atom stereocenters. The van der Waals surface area contributed by atoms with Crippen LogP contribution in [0.1, 0.15) is 135 Å². The van der Waals surface area contributed by atoms with E-state index < -0.39 is 0 Å². The van der Waals surface area contributed by atoms with Gasteiger partial charge in [-0.15, -0.1) is 0 Å². The maximum absolute atomic E-state index is 2.59. The minimum absolute atomic E-state index is 0. The van der Waals surface area contributed by atoms with Crippen molar-refractivity contribution < 1.29 is 9.96 Å². The summed E-state index contributed by atoms with van der Waals surface area (Å²) in [7, 11) is 5.19. The van der Waals surface area contributed by atoms with E-state index in [4.69, 9.17) is 0 Å². The molecule has 0 amide bonds. The van der Waals surface area contributed by atoms with E-state index in [1.165, 1.54) is 101 Å². The molecule has 0 heterocycles. The molecule has 30 heavy (non-hydrogen) atoms. The van der Waals surface area contributed by atoms with Gasteiger partial charge in [0.05, 0.1) is 26.2 Å². The zero-order valence-corrected chi connectivity index (χ0v) is 21.0. The lowest BCUT2D eigenvalue weighted by Crippen LogP contribution is -2.67. The molecule has 0 saturated heterocycles. The largest absolute Gasteiger partial charge is 0.870 e. The van der Waals surface area contributed by atoms with E-state index in [-0.39, 0.29) is 5.48 Å². The topological polar surface area (TPSA) is 30.0 Å². The smallest absolute Gasteiger partial charge is 0.0996 e. The lowest BCUT2D eigenvalue weighted by atomic mass is 9.52. The van der Waals surface area contributed by atoms with Crippen molar-refractivity contribution in [3.05, 3.63) is 0 Å². The van der Waals surface area contributed by atoms with E-state index >= 15 is 0 Å². The van der Waals surface area contributed by atoms with Crippen LogP contribution in [0.2, 0.25) is 0 Å². The van der Waals surface area contributed by atoms with Crippen LogP contribution in [0.3, 0.4) is 0 Å². The number of nitrogens with zero attached hydrogens (tertiary/aromatic N) is 1. The molecule has 2 nitrogen and oxygen atoms in total. The maximum Gasteiger partial charge on any atom is 0.0996 e. The van der Waals surface area contributed by atoms with Crippen LogP contribution in [0.4, 0.5) is 0 Å². The first kappa shape index (κ1) is 26.2. The third-order valence-corrected chi connectivity index (χ3v) is 9.36. The summed E-state index contributed by atoms with van der Waals surface area (Å²) in [6, 6.07) is 0. The van der Waals surface area contributed by atoms with Gasteiger partial charge in [0.15, 0.2) is 0 Å². The molecule has 0 aromatic heterocycles. The van der Waals surface area contributed by atoms with Gasteiger partial charge in [0.25, 0.3) is 0 Å². The molecule has 2 heteroatoms. The Morgan fingerprint density at radius 1 is 0.567 bits per heavy atom. The molecule has 4 bridgehead atoms. The normalized spacial score (nSPS) is 29.9. The van der Waals surface area contributed by atoms with Crippen molar-refractivity contribution in [2.24, 2.45) is 17.8 Å². The van der Waals surface area contributed by atoms with Gasteiger partial charge in [0, 0.05) is 19.3 Å². The fourth-order valence-electron chi connectivity index (χ4n) is 7.75. The SMILES string of the molecule is CCCCCCCCCCCCCCCC[N+](C)(C)C12CC3CC(CC(C3)C1)C2.[OH-]. The van der Waals surface area contributed by atoms with E-state index in [1.54, 1.807) is 38.5 Å². The Balaban J connectivity index is 0.00000320. The molecule has 4 aliphatic rings. The summed E-state index contributed by atoms with van der Waals surface area (Å²) in [6.45, 7) is 3.74. The Hall–Kier alpha value is -0.0800. The molecular formula is C28H55NO. The quantitative estimate of drug-likeness (QED) is 0.182. The Kier molecular flexibility index (Phi) is 11.2. The van der Waals surface area contributed by atoms with Crippen LogP contribution in [0.5, 0.6) is 0 Å². The highest BCUT2D eigenvalue weighted by molar-refractivity contribution is 5.03. The number of unbranched alkanes of at least 4 members (excludes halogenated alkanes) is 13. The van der Waals surface area contributed by atoms with E-state index in [2.05, 4.69) is 21.0 Å². The first-order valence-corrected chi connectivity index (χ1v) is 13.9. The van der Waals surface area contributed by atoms with E-state index in [0.29, 0.717) is 5.54 Å². The third kappa shape index (κ3) is 7.22. The number of hydrogen-bond donors (Lipinski definition) is 0. The second kappa shape index (κ2) is 12.8. The summed E-state index contributed by atoms with van der Waals surface area (Å²) in [5.41, 5.74) is 0.672. The highest BCUT2D eigenvalue weighted by atomic mass is 16.0. The zero-order valence-electron chi connectivity index (χ0n) is 21.0. The zero-order chi connectivity index (χ0) is 20.6. The van der Waals surface area contributed by atoms with Crippen molar-refractivity contribution in [2.45, 2.75) is 141 Å². The van der Waals surface area contributed by atoms with Gasteiger partial charge in [-0.25, -0.2) is 0 Å². The van der Waals surface area contributed by atoms with Gasteiger partial charge in [-0.3, -0.25) is 0 Å². The molecule has 0 spiro atoms. The van der Waals surface area contributed by atoms with Gasteiger partial charge in [-0.2, -0.15) is 0 Å². The molecule has 0 radical (unpaired) electrons. The lowest BCUT2D eigenvalue weighted by Gasteiger charge is -2.62. The minimum atomic E-state index is 0. The molecular weight excluding hydrogens is 366 g/mol. The van der Waals surface area contributed by atoms with Crippen molar-refractivity contribution in [1.29, 1.82) is 0 Å². The predicted octanol–water partition coefficient (Wildman–Crippen LogP) is 8.34. The maximum atomic E-state index is 2.59. The lowest BCUT2D eigenvalue weighted by molar-refractivity contribution is -0.948. The Morgan fingerprint density at radius 3 is 1.27 bits per heavy atom. The molecule has 0 unspecified atom stereocenters. The van der Waals surface area contributed by atoms with Gasteiger partial charge < -0.3 is 9.96 Å². The highest BCUT2D eigenvalue weighted by Gasteiger charge is 2.58. The van der Waals surface area contributed by atoms with E-state index in [9.17, 15) is 0 Å². The van der Waals surface area contributed by atoms with Crippen LogP contribution >= 0.6 is 0 Å². The van der Waals surface area contributed by atoms with Gasteiger partial charge in [0.2, 0.25) is 0 Å². The molecule has 0 aliphatic heterocycles. The summed E-state index contributed by atoms with van der Waals surface area (Å²) in [4.78, 5) is 0. The second-order valence-electron chi connectivity index (χ2n) is 12.1. The van der Waals surface area contributed by atoms with Gasteiger partial charge in [-0.05, 0) is 49.9 Å². The van der Waals surface area contributed by atoms with E-state index in [0.717, 1.165) is 17.8 Å². The monoisotopic (exact) mass is 421 g/mol. The number of hydrogen-bond acceptors (Lipinski definition) is 1. The molecule has 1 N–H and O–H groups in total. The second-order valence-corrected chi connectivity index (χ2v) is 12.1. The third-order valence-electron chi connectivity index (χ3n) is 9.36. The average Bonchev–Trinajstić information content (AvgIpc) is 2.67. The molecule has 0 aromatic rings. The summed E-state index contributed by atoms with van der Waals surface area (Å²) in [5, 5.41) is 0. The minimum Gasteiger partial charge on any atom is -0.870 e. The first-order chi connectivity index (χ1) is 14.0. The fraction of sp³-hybridized carbons (Fsp3) is 1.00. The van der Waals surface area contributed by atoms with Crippen molar-refractivity contribution in [1.82, 2.24) is 0 Å². The standard InChI is InChI=1S/C28H54N.H2O/c1-4-5-6-7-8-9-10-11-12-13-14-15-16-17-18-29(2,3)28-22-25-19-26(23-28)21-27(20-25)24-28;/h25-27H,4-24H2,1-3H3;1H2/q+1;/p-1. The summed E-state index contributed by atoms with van der Waals surface area (Å²) >= 11 is 0. The van der Waals surface area contributed by atoms with Gasteiger partial charge in [-0.1, -0.05) is 84.0 Å². The summed E-state index contributed by atoms with van der Waals surface area (Å²) in [6.07, 6.45) is 30.0. The van der Waals surface area contributed by atoms with Gasteiger partial charge in [0.1, 0.15) is 0 Å². The number of quaternary nitrogens is 1. The van der Waals surface area contributed by atoms with Gasteiger partial charge >= 0.3 is 0 Å². The molecule has 0 aromatic carbocycles. The van der Waals surface area contributed by atoms with Crippen LogP contribution in [0.15, 0.2) is 0 Å². The first-order valence-electron chi connectivity index (χ1n) is 13.9. The number of rotatable bonds is 16. The van der Waals surface area contributed by atoms with Crippen LogP contribution in [-0.4, -0.2) is 36.1 Å². The van der Waals surface area contributed by atoms with Crippen molar-refractivity contribution >= 4 is 0 Å². The van der Waals surface area contributed by atoms with Crippen molar-refractivity contribution in [3.8, 4) is 0 Å². The molecule has 4 aliphatic carbocycles. The highest BCUT2D eigenvalue weighted by Crippen LogP contribution is 2.59. The fourth-order valence-corrected chi connectivity index (χ4v) is 7.75. The average molecular weight is 422 g/mol. The van der Waals surface area contributed by atoms with Crippen molar-refractivity contribution in [3.63, 3.8) is 0 Å². The Labute approximate surface area is 189 Å². The Bertz CT molecular complexity index is 422. The van der Waals surface area contributed by atoms with Crippen LogP contribution < -0.4 is 0 Å². The molecule has 4 saturated carbocycles. The van der Waals surface area contributed by atoms with Crippen LogP contribution in [0.25, 0.3) is 0 Å². The van der Waals surface area contributed by atoms with Crippen molar-refractivity contribution in [2.75, 3.05) is 20.6 Å². The summed E-state index contributed by atoms with van der Waals surface area (Å²) in [5.74, 6) is 3.28. The summed E-state index contributed by atoms with van der Waals surface area (Å²) < 4.78 is 1.34. The van der Waals surface area contributed by atoms with Crippen LogP contribution in [-0.2, 0) is 0 Å². The molecule has 178 valence electrons. The molecule has 4 fully saturated rings. The molecule has 4 rings (SSSR count). The Morgan fingerprint density at radius 2 is 0.900 bits per heavy atom. The van der Waals surface area contributed by atoms with E-state index in [1.807, 2.05) is 0 Å². The predicted molar refractivity (Wildman–Crippen MR) is 130 cm³/mol.